The molecule has 0 fully saturated rings. The second kappa shape index (κ2) is 12.5. The average molecular weight is 530 g/mol. The summed E-state index contributed by atoms with van der Waals surface area (Å²) in [5.41, 5.74) is 0.0655. The number of anilines is 1. The number of ether oxygens (including phenoxy) is 3. The molecule has 1 N–H and O–H groups in total. The molecule has 3 aromatic carbocycles. The van der Waals surface area contributed by atoms with Gasteiger partial charge in [0.2, 0.25) is 5.75 Å². The first kappa shape index (κ1) is 27.9. The zero-order valence-corrected chi connectivity index (χ0v) is 20.9. The number of carbonyl (C=O) groups is 1. The molecule has 0 unspecified atom stereocenters. The van der Waals surface area contributed by atoms with Gasteiger partial charge in [-0.15, -0.1) is 6.58 Å². The molecule has 0 radical (unpaired) electrons. The highest BCUT2D eigenvalue weighted by Gasteiger charge is 2.24. The molecule has 0 atom stereocenters. The summed E-state index contributed by atoms with van der Waals surface area (Å²) in [6, 6.07) is 14.5. The minimum atomic E-state index is -0.792. The maximum Gasteiger partial charge on any atom is 0.318 e. The van der Waals surface area contributed by atoms with Gasteiger partial charge in [-0.2, -0.15) is 5.26 Å². The van der Waals surface area contributed by atoms with Gasteiger partial charge in [0.1, 0.15) is 17.4 Å². The molecule has 12 heteroatoms. The molecule has 39 heavy (non-hydrogen) atoms. The van der Waals surface area contributed by atoms with Gasteiger partial charge in [-0.1, -0.05) is 6.08 Å². The zero-order chi connectivity index (χ0) is 28.5. The van der Waals surface area contributed by atoms with E-state index in [9.17, 15) is 30.3 Å². The van der Waals surface area contributed by atoms with Gasteiger partial charge in [0.05, 0.1) is 30.1 Å². The number of nitrogens with zero attached hydrogens (tertiary/aromatic N) is 3. The van der Waals surface area contributed by atoms with Gasteiger partial charge in [-0.3, -0.25) is 25.0 Å². The molecule has 0 heterocycles. The number of amides is 1. The molecule has 3 aromatic rings. The molecule has 3 rings (SSSR count). The lowest BCUT2D eigenvalue weighted by molar-refractivity contribution is -0.394. The molecule has 0 spiro atoms. The molecule has 0 saturated heterocycles. The van der Waals surface area contributed by atoms with Gasteiger partial charge in [0.15, 0.2) is 11.5 Å². The van der Waals surface area contributed by atoms with Crippen LogP contribution in [-0.4, -0.2) is 30.0 Å². The van der Waals surface area contributed by atoms with Gasteiger partial charge >= 0.3 is 5.69 Å². The van der Waals surface area contributed by atoms with Crippen molar-refractivity contribution in [1.82, 2.24) is 0 Å². The van der Waals surface area contributed by atoms with E-state index in [2.05, 4.69) is 11.9 Å². The third-order valence-corrected chi connectivity index (χ3v) is 5.32. The van der Waals surface area contributed by atoms with Crippen LogP contribution in [0.25, 0.3) is 6.08 Å². The smallest absolute Gasteiger partial charge is 0.318 e. The van der Waals surface area contributed by atoms with Crippen LogP contribution in [0.15, 0.2) is 72.8 Å². The standard InChI is InChI=1S/C27H22N4O8/c1-4-5-18-12-17(13-19(16-28)27(32)29-20-6-9-22(37-2)10-7-20)14-25(38-3)26(18)39-24-11-8-21(30(33)34)15-23(24)31(35)36/h4,6-15H,1,5H2,2-3H3,(H,29,32)/b19-13+. The highest BCUT2D eigenvalue weighted by atomic mass is 16.6. The second-order valence-electron chi connectivity index (χ2n) is 7.82. The van der Waals surface area contributed by atoms with E-state index in [0.29, 0.717) is 22.6 Å². The van der Waals surface area contributed by atoms with Crippen molar-refractivity contribution in [2.75, 3.05) is 19.5 Å². The highest BCUT2D eigenvalue weighted by Crippen LogP contribution is 2.41. The molecule has 0 aliphatic carbocycles. The Morgan fingerprint density at radius 3 is 2.31 bits per heavy atom. The maximum absolute atomic E-state index is 12.7. The zero-order valence-electron chi connectivity index (χ0n) is 20.9. The Balaban J connectivity index is 2.00. The van der Waals surface area contributed by atoms with Crippen LogP contribution in [0.5, 0.6) is 23.0 Å². The SMILES string of the molecule is C=CCc1cc(/C=C(\C#N)C(=O)Nc2ccc(OC)cc2)cc(OC)c1Oc1ccc([N+](=O)[O-])cc1[N+](=O)[O-]. The largest absolute Gasteiger partial charge is 0.497 e. The number of nitrogens with one attached hydrogen (secondary N) is 1. The normalized spacial score (nSPS) is 10.6. The minimum Gasteiger partial charge on any atom is -0.497 e. The summed E-state index contributed by atoms with van der Waals surface area (Å²) in [6.45, 7) is 3.71. The van der Waals surface area contributed by atoms with Crippen LogP contribution in [0.1, 0.15) is 11.1 Å². The lowest BCUT2D eigenvalue weighted by atomic mass is 10.0. The lowest BCUT2D eigenvalue weighted by Gasteiger charge is -2.16. The van der Waals surface area contributed by atoms with Crippen LogP contribution >= 0.6 is 0 Å². The van der Waals surface area contributed by atoms with E-state index >= 15 is 0 Å². The van der Waals surface area contributed by atoms with E-state index in [4.69, 9.17) is 14.2 Å². The van der Waals surface area contributed by atoms with Crippen LogP contribution in [0, 0.1) is 31.6 Å². The van der Waals surface area contributed by atoms with Crippen molar-refractivity contribution in [3.8, 4) is 29.1 Å². The Labute approximate surface area is 222 Å². The molecule has 0 aliphatic rings. The van der Waals surface area contributed by atoms with E-state index in [1.54, 1.807) is 36.4 Å². The number of hydrogen-bond acceptors (Lipinski definition) is 9. The fourth-order valence-electron chi connectivity index (χ4n) is 3.49. The first-order valence-electron chi connectivity index (χ1n) is 11.2. The Morgan fingerprint density at radius 2 is 1.74 bits per heavy atom. The van der Waals surface area contributed by atoms with E-state index in [-0.39, 0.29) is 29.2 Å². The molecule has 198 valence electrons. The number of non-ortho nitro benzene ring substituents is 1. The van der Waals surface area contributed by atoms with Gasteiger partial charge in [0, 0.05) is 17.3 Å². The van der Waals surface area contributed by atoms with E-state index in [1.165, 1.54) is 26.4 Å². The maximum atomic E-state index is 12.7. The van der Waals surface area contributed by atoms with Gasteiger partial charge in [-0.05, 0) is 60.5 Å². The molecule has 0 saturated carbocycles. The topological polar surface area (TPSA) is 167 Å². The summed E-state index contributed by atoms with van der Waals surface area (Å²) in [5.74, 6) is -0.0381. The first-order chi connectivity index (χ1) is 18.7. The monoisotopic (exact) mass is 530 g/mol. The van der Waals surface area contributed by atoms with Gasteiger partial charge < -0.3 is 19.5 Å². The summed E-state index contributed by atoms with van der Waals surface area (Å²) in [6.07, 6.45) is 3.14. The minimum absolute atomic E-state index is 0.104. The van der Waals surface area contributed by atoms with Gasteiger partial charge in [0.25, 0.3) is 11.6 Å². The fraction of sp³-hybridized carbons (Fsp3) is 0.111. The third-order valence-electron chi connectivity index (χ3n) is 5.32. The molecule has 1 amide bonds. The summed E-state index contributed by atoms with van der Waals surface area (Å²) in [7, 11) is 2.86. The second-order valence-corrected chi connectivity index (χ2v) is 7.82. The van der Waals surface area contributed by atoms with Crippen molar-refractivity contribution in [3.05, 3.63) is 104 Å². The molecule has 0 aliphatic heterocycles. The summed E-state index contributed by atoms with van der Waals surface area (Å²) in [5, 5.41) is 34.9. The van der Waals surface area contributed by atoms with Crippen molar-refractivity contribution < 1.29 is 28.9 Å². The van der Waals surface area contributed by atoms with Crippen molar-refractivity contribution in [2.24, 2.45) is 0 Å². The van der Waals surface area contributed by atoms with Crippen molar-refractivity contribution in [3.63, 3.8) is 0 Å². The number of carbonyl (C=O) groups excluding carboxylic acids is 1. The van der Waals surface area contributed by atoms with Crippen molar-refractivity contribution in [2.45, 2.75) is 6.42 Å². The molecule has 0 bridgehead atoms. The number of nitro benzene ring substituents is 2. The number of methoxy groups -OCH3 is 2. The van der Waals surface area contributed by atoms with Crippen LogP contribution in [0.2, 0.25) is 0 Å². The number of benzene rings is 3. The van der Waals surface area contributed by atoms with Crippen LogP contribution < -0.4 is 19.5 Å². The fourth-order valence-corrected chi connectivity index (χ4v) is 3.49. The van der Waals surface area contributed by atoms with Gasteiger partial charge in [-0.25, -0.2) is 0 Å². The van der Waals surface area contributed by atoms with E-state index < -0.39 is 27.1 Å². The third kappa shape index (κ3) is 6.75. The van der Waals surface area contributed by atoms with Crippen molar-refractivity contribution in [1.29, 1.82) is 5.26 Å². The number of hydrogen-bond donors (Lipinski definition) is 1. The molecular weight excluding hydrogens is 508 g/mol. The number of rotatable bonds is 11. The van der Waals surface area contributed by atoms with E-state index in [0.717, 1.165) is 18.2 Å². The summed E-state index contributed by atoms with van der Waals surface area (Å²) < 4.78 is 16.4. The van der Waals surface area contributed by atoms with Crippen LogP contribution in [0.3, 0.4) is 0 Å². The van der Waals surface area contributed by atoms with Crippen LogP contribution in [-0.2, 0) is 11.2 Å². The Kier molecular flexibility index (Phi) is 8.94. The highest BCUT2D eigenvalue weighted by molar-refractivity contribution is 6.09. The number of nitriles is 1. The Morgan fingerprint density at radius 1 is 1.03 bits per heavy atom. The lowest BCUT2D eigenvalue weighted by Crippen LogP contribution is -2.13. The summed E-state index contributed by atoms with van der Waals surface area (Å²) in [4.78, 5) is 33.8. The predicted molar refractivity (Wildman–Crippen MR) is 142 cm³/mol. The first-order valence-corrected chi connectivity index (χ1v) is 11.2. The Hall–Kier alpha value is -5.70. The Bertz CT molecular complexity index is 1510. The summed E-state index contributed by atoms with van der Waals surface area (Å²) >= 11 is 0. The number of nitro groups is 2. The number of allylic oxidation sites excluding steroid dienone is 1. The molecule has 12 nitrogen and oxygen atoms in total. The van der Waals surface area contributed by atoms with E-state index in [1.807, 2.05) is 6.07 Å². The predicted octanol–water partition coefficient (Wildman–Crippen LogP) is 5.59. The molecular formula is C27H22N4O8. The average Bonchev–Trinajstić information content (AvgIpc) is 2.93. The van der Waals surface area contributed by atoms with Crippen LogP contribution in [0.4, 0.5) is 17.1 Å². The van der Waals surface area contributed by atoms with Crippen molar-refractivity contribution >= 4 is 29.0 Å². The molecule has 0 aromatic heterocycles. The quantitative estimate of drug-likeness (QED) is 0.109.